The molecule has 0 saturated carbocycles. The number of hydrogen-bond donors (Lipinski definition) is 1. The molecule has 0 radical (unpaired) electrons. The molecule has 1 atom stereocenters. The lowest BCUT2D eigenvalue weighted by molar-refractivity contribution is -0.149. The first-order chi connectivity index (χ1) is 8.03. The SMILES string of the molecule is C[C@]1(CC(=O)C(=O)O)CCCc2ccccc21. The van der Waals surface area contributed by atoms with Gasteiger partial charge in [-0.3, -0.25) is 4.79 Å². The summed E-state index contributed by atoms with van der Waals surface area (Å²) < 4.78 is 0. The summed E-state index contributed by atoms with van der Waals surface area (Å²) in [4.78, 5) is 22.1. The second-order valence-electron chi connectivity index (χ2n) is 4.98. The number of carboxylic acid groups (broad SMARTS) is 1. The molecule has 90 valence electrons. The highest BCUT2D eigenvalue weighted by molar-refractivity contribution is 6.32. The molecule has 1 aromatic rings. The van der Waals surface area contributed by atoms with E-state index in [9.17, 15) is 9.59 Å². The quantitative estimate of drug-likeness (QED) is 0.814. The Labute approximate surface area is 100 Å². The van der Waals surface area contributed by atoms with Gasteiger partial charge in [-0.2, -0.15) is 0 Å². The van der Waals surface area contributed by atoms with Crippen LogP contribution in [0.15, 0.2) is 24.3 Å². The van der Waals surface area contributed by atoms with Crippen LogP contribution in [-0.4, -0.2) is 16.9 Å². The van der Waals surface area contributed by atoms with Gasteiger partial charge in [0.1, 0.15) is 0 Å². The Balaban J connectivity index is 2.33. The molecule has 1 aliphatic carbocycles. The molecule has 17 heavy (non-hydrogen) atoms. The van der Waals surface area contributed by atoms with Crippen LogP contribution < -0.4 is 0 Å². The predicted molar refractivity (Wildman–Crippen MR) is 64.0 cm³/mol. The molecular weight excluding hydrogens is 216 g/mol. The lowest BCUT2D eigenvalue weighted by Gasteiger charge is -2.35. The number of benzene rings is 1. The average Bonchev–Trinajstić information content (AvgIpc) is 2.29. The van der Waals surface area contributed by atoms with Crippen molar-refractivity contribution < 1.29 is 14.7 Å². The van der Waals surface area contributed by atoms with Gasteiger partial charge in [-0.25, -0.2) is 4.79 Å². The molecule has 3 heteroatoms. The van der Waals surface area contributed by atoms with E-state index in [2.05, 4.69) is 6.07 Å². The number of carbonyl (C=O) groups excluding carboxylic acids is 1. The average molecular weight is 232 g/mol. The molecule has 1 N–H and O–H groups in total. The fourth-order valence-corrected chi connectivity index (χ4v) is 2.74. The lowest BCUT2D eigenvalue weighted by Crippen LogP contribution is -2.32. The highest BCUT2D eigenvalue weighted by Gasteiger charge is 2.35. The van der Waals surface area contributed by atoms with Crippen molar-refractivity contribution in [1.82, 2.24) is 0 Å². The maximum Gasteiger partial charge on any atom is 0.372 e. The summed E-state index contributed by atoms with van der Waals surface area (Å²) >= 11 is 0. The van der Waals surface area contributed by atoms with Gasteiger partial charge in [-0.05, 0) is 30.4 Å². The summed E-state index contributed by atoms with van der Waals surface area (Å²) in [7, 11) is 0. The third kappa shape index (κ3) is 2.23. The van der Waals surface area contributed by atoms with E-state index >= 15 is 0 Å². The van der Waals surface area contributed by atoms with Gasteiger partial charge in [0.05, 0.1) is 0 Å². The molecule has 0 saturated heterocycles. The van der Waals surface area contributed by atoms with Gasteiger partial charge in [0, 0.05) is 11.8 Å². The molecule has 0 aromatic heterocycles. The van der Waals surface area contributed by atoms with Crippen LogP contribution in [0, 0.1) is 0 Å². The summed E-state index contributed by atoms with van der Waals surface area (Å²) in [5, 5.41) is 8.73. The van der Waals surface area contributed by atoms with Crippen LogP contribution in [0.5, 0.6) is 0 Å². The molecule has 0 heterocycles. The zero-order chi connectivity index (χ0) is 12.5. The van der Waals surface area contributed by atoms with Crippen molar-refractivity contribution in [3.8, 4) is 0 Å². The predicted octanol–water partition coefficient (Wildman–Crippen LogP) is 2.32. The largest absolute Gasteiger partial charge is 0.476 e. The number of ketones is 1. The van der Waals surface area contributed by atoms with E-state index < -0.39 is 11.8 Å². The number of carbonyl (C=O) groups is 2. The van der Waals surface area contributed by atoms with Crippen LogP contribution in [0.4, 0.5) is 0 Å². The molecule has 0 fully saturated rings. The van der Waals surface area contributed by atoms with Crippen LogP contribution in [0.3, 0.4) is 0 Å². The molecule has 0 amide bonds. The lowest BCUT2D eigenvalue weighted by atomic mass is 9.69. The zero-order valence-electron chi connectivity index (χ0n) is 9.90. The Hall–Kier alpha value is -1.64. The van der Waals surface area contributed by atoms with Crippen molar-refractivity contribution in [1.29, 1.82) is 0 Å². The minimum Gasteiger partial charge on any atom is -0.476 e. The smallest absolute Gasteiger partial charge is 0.372 e. The standard InChI is InChI=1S/C14H16O3/c1-14(9-12(15)13(16)17)8-4-6-10-5-2-3-7-11(10)14/h2-3,5,7H,4,6,8-9H2,1H3,(H,16,17)/t14-/m1/s1. The topological polar surface area (TPSA) is 54.4 Å². The van der Waals surface area contributed by atoms with Crippen LogP contribution in [0.2, 0.25) is 0 Å². The van der Waals surface area contributed by atoms with E-state index in [-0.39, 0.29) is 11.8 Å². The van der Waals surface area contributed by atoms with E-state index in [0.717, 1.165) is 24.8 Å². The van der Waals surface area contributed by atoms with E-state index in [1.807, 2.05) is 25.1 Å². The van der Waals surface area contributed by atoms with Crippen LogP contribution in [0.1, 0.15) is 37.3 Å². The molecule has 1 aromatic carbocycles. The maximum atomic E-state index is 11.4. The monoisotopic (exact) mass is 232 g/mol. The number of Topliss-reactive ketones (excluding diaryl/α,β-unsaturated/α-hetero) is 1. The summed E-state index contributed by atoms with van der Waals surface area (Å²) in [5.41, 5.74) is 2.07. The first-order valence-corrected chi connectivity index (χ1v) is 5.87. The molecule has 1 aliphatic rings. The fraction of sp³-hybridized carbons (Fsp3) is 0.429. The van der Waals surface area contributed by atoms with Gasteiger partial charge < -0.3 is 5.11 Å². The third-order valence-corrected chi connectivity index (χ3v) is 3.63. The van der Waals surface area contributed by atoms with Gasteiger partial charge in [0.2, 0.25) is 5.78 Å². The van der Waals surface area contributed by atoms with Gasteiger partial charge in [0.25, 0.3) is 0 Å². The van der Waals surface area contributed by atoms with E-state index in [1.165, 1.54) is 5.56 Å². The number of aliphatic carboxylic acids is 1. The molecule has 0 aliphatic heterocycles. The van der Waals surface area contributed by atoms with Gasteiger partial charge in [-0.1, -0.05) is 31.2 Å². The first kappa shape index (κ1) is 11.8. The zero-order valence-corrected chi connectivity index (χ0v) is 9.90. The van der Waals surface area contributed by atoms with Crippen molar-refractivity contribution >= 4 is 11.8 Å². The summed E-state index contributed by atoms with van der Waals surface area (Å²) in [6.45, 7) is 1.99. The Kier molecular flexibility index (Phi) is 3.01. The summed E-state index contributed by atoms with van der Waals surface area (Å²) in [6, 6.07) is 8.03. The molecule has 0 bridgehead atoms. The van der Waals surface area contributed by atoms with Crippen molar-refractivity contribution in [2.75, 3.05) is 0 Å². The van der Waals surface area contributed by atoms with Crippen molar-refractivity contribution in [2.24, 2.45) is 0 Å². The minimum absolute atomic E-state index is 0.0966. The van der Waals surface area contributed by atoms with Gasteiger partial charge in [0.15, 0.2) is 0 Å². The normalized spacial score (nSPS) is 22.9. The Bertz CT molecular complexity index is 464. The number of rotatable bonds is 3. The van der Waals surface area contributed by atoms with Gasteiger partial charge >= 0.3 is 5.97 Å². The van der Waals surface area contributed by atoms with Crippen molar-refractivity contribution in [3.63, 3.8) is 0 Å². The summed E-state index contributed by atoms with van der Waals surface area (Å²) in [6.07, 6.45) is 3.01. The van der Waals surface area contributed by atoms with Crippen LogP contribution in [-0.2, 0) is 21.4 Å². The van der Waals surface area contributed by atoms with E-state index in [4.69, 9.17) is 5.11 Å². The van der Waals surface area contributed by atoms with Crippen LogP contribution >= 0.6 is 0 Å². The Morgan fingerprint density at radius 2 is 2.06 bits per heavy atom. The fourth-order valence-electron chi connectivity index (χ4n) is 2.74. The van der Waals surface area contributed by atoms with Crippen molar-refractivity contribution in [3.05, 3.63) is 35.4 Å². The number of aryl methyl sites for hydroxylation is 1. The second-order valence-corrected chi connectivity index (χ2v) is 4.98. The second kappa shape index (κ2) is 4.32. The summed E-state index contributed by atoms with van der Waals surface area (Å²) in [5.74, 6) is -2.02. The molecular formula is C14H16O3. The van der Waals surface area contributed by atoms with Crippen molar-refractivity contribution in [2.45, 2.75) is 38.0 Å². The van der Waals surface area contributed by atoms with Crippen LogP contribution in [0.25, 0.3) is 0 Å². The number of hydrogen-bond acceptors (Lipinski definition) is 2. The number of carboxylic acids is 1. The maximum absolute atomic E-state index is 11.4. The molecule has 3 nitrogen and oxygen atoms in total. The van der Waals surface area contributed by atoms with E-state index in [0.29, 0.717) is 0 Å². The first-order valence-electron chi connectivity index (χ1n) is 5.87. The minimum atomic E-state index is -1.32. The molecule has 0 spiro atoms. The Morgan fingerprint density at radius 1 is 1.35 bits per heavy atom. The highest BCUT2D eigenvalue weighted by atomic mass is 16.4. The highest BCUT2D eigenvalue weighted by Crippen LogP contribution is 2.39. The third-order valence-electron chi connectivity index (χ3n) is 3.63. The Morgan fingerprint density at radius 3 is 2.76 bits per heavy atom. The van der Waals surface area contributed by atoms with E-state index in [1.54, 1.807) is 0 Å². The van der Waals surface area contributed by atoms with Gasteiger partial charge in [-0.15, -0.1) is 0 Å². The number of fused-ring (bicyclic) bond motifs is 1. The molecule has 0 unspecified atom stereocenters. The molecule has 2 rings (SSSR count).